The van der Waals surface area contributed by atoms with Crippen LogP contribution in [0.5, 0.6) is 17.2 Å². The number of phenols is 1. The first-order chi connectivity index (χ1) is 15.0. The van der Waals surface area contributed by atoms with Gasteiger partial charge in [-0.25, -0.2) is 4.79 Å². The summed E-state index contributed by atoms with van der Waals surface area (Å²) in [6.45, 7) is -1.02. The van der Waals surface area contributed by atoms with Crippen molar-refractivity contribution in [2.45, 2.75) is 12.5 Å². The van der Waals surface area contributed by atoms with E-state index in [0.717, 1.165) is 0 Å². The highest BCUT2D eigenvalue weighted by molar-refractivity contribution is 14.1. The van der Waals surface area contributed by atoms with E-state index in [9.17, 15) is 24.6 Å². The molecule has 0 aliphatic carbocycles. The molecule has 6 N–H and O–H groups in total. The zero-order valence-corrected chi connectivity index (χ0v) is 24.8. The van der Waals surface area contributed by atoms with E-state index in [4.69, 9.17) is 16.2 Å². The second kappa shape index (κ2) is 12.3. The Balaban J connectivity index is 2.38. The number of carboxylic acids is 1. The van der Waals surface area contributed by atoms with Crippen LogP contribution in [0.25, 0.3) is 0 Å². The molecule has 2 rings (SSSR count). The lowest BCUT2D eigenvalue weighted by Crippen LogP contribution is -2.53. The van der Waals surface area contributed by atoms with Crippen LogP contribution in [0.3, 0.4) is 0 Å². The van der Waals surface area contributed by atoms with E-state index in [0.29, 0.717) is 36.2 Å². The number of phenolic OH excluding ortho intramolecular Hbond substituents is 1. The first-order valence-corrected chi connectivity index (χ1v) is 13.1. The van der Waals surface area contributed by atoms with Crippen molar-refractivity contribution >= 4 is 108 Å². The van der Waals surface area contributed by atoms with Crippen LogP contribution in [-0.2, 0) is 20.8 Å². The Labute approximate surface area is 238 Å². The molecule has 0 radical (unpaired) electrons. The molecule has 2 aromatic rings. The predicted molar refractivity (Wildman–Crippen MR) is 151 cm³/mol. The number of benzene rings is 2. The maximum Gasteiger partial charge on any atom is 0.327 e. The number of amides is 2. The molecule has 2 amide bonds. The molecule has 0 heterocycles. The van der Waals surface area contributed by atoms with Crippen LogP contribution in [0.1, 0.15) is 5.56 Å². The topological polar surface area (TPSA) is 156 Å². The van der Waals surface area contributed by atoms with Gasteiger partial charge in [0.25, 0.3) is 0 Å². The summed E-state index contributed by atoms with van der Waals surface area (Å²) >= 11 is 8.16. The molecule has 0 aromatic heterocycles. The Morgan fingerprint density at radius 2 is 1.38 bits per heavy atom. The molecule has 0 aliphatic rings. The minimum atomic E-state index is -1.44. The van der Waals surface area contributed by atoms with Gasteiger partial charge >= 0.3 is 5.97 Å². The van der Waals surface area contributed by atoms with Crippen LogP contribution >= 0.6 is 90.4 Å². The molecule has 32 heavy (non-hydrogen) atoms. The summed E-state index contributed by atoms with van der Waals surface area (Å²) in [6.07, 6.45) is -0.117. The number of ether oxygens (including phenoxy) is 1. The van der Waals surface area contributed by atoms with Crippen molar-refractivity contribution in [1.29, 1.82) is 0 Å². The Morgan fingerprint density at radius 3 is 1.78 bits per heavy atom. The van der Waals surface area contributed by atoms with Gasteiger partial charge in [0.2, 0.25) is 11.8 Å². The number of aliphatic carboxylic acids is 1. The van der Waals surface area contributed by atoms with Gasteiger partial charge in [-0.15, -0.1) is 0 Å². The van der Waals surface area contributed by atoms with Crippen molar-refractivity contribution in [1.82, 2.24) is 4.90 Å². The van der Waals surface area contributed by atoms with Crippen molar-refractivity contribution in [3.63, 3.8) is 0 Å². The number of imide groups is 1. The summed E-state index contributed by atoms with van der Waals surface area (Å²) < 4.78 is 8.71. The largest absolute Gasteiger partial charge is 0.506 e. The summed E-state index contributed by atoms with van der Waals surface area (Å²) in [5.41, 5.74) is 11.3. The molecule has 9 nitrogen and oxygen atoms in total. The van der Waals surface area contributed by atoms with E-state index in [-0.39, 0.29) is 12.2 Å². The lowest BCUT2D eigenvalue weighted by molar-refractivity contribution is -0.157. The quantitative estimate of drug-likeness (QED) is 0.295. The number of halogens is 4. The van der Waals surface area contributed by atoms with Crippen molar-refractivity contribution in [3.05, 3.63) is 44.1 Å². The number of nitrogens with zero attached hydrogens (tertiary/aromatic N) is 1. The third kappa shape index (κ3) is 6.76. The number of carboxylic acid groups (broad SMARTS) is 1. The Hall–Kier alpha value is -0.510. The van der Waals surface area contributed by atoms with Gasteiger partial charge in [0.05, 0.1) is 27.4 Å². The molecule has 13 heteroatoms. The third-order valence-electron chi connectivity index (χ3n) is 4.18. The second-order valence-corrected chi connectivity index (χ2v) is 11.0. The fraction of sp³-hybridized carbons (Fsp3) is 0.211. The zero-order valence-electron chi connectivity index (χ0n) is 16.1. The van der Waals surface area contributed by atoms with Crippen molar-refractivity contribution < 1.29 is 29.3 Å². The van der Waals surface area contributed by atoms with Gasteiger partial charge < -0.3 is 26.4 Å². The Bertz CT molecular complexity index is 1000. The number of rotatable bonds is 8. The van der Waals surface area contributed by atoms with Gasteiger partial charge in [-0.05, 0) is 120 Å². The average molecular weight is 891 g/mol. The smallest absolute Gasteiger partial charge is 0.327 e. The molecular weight excluding hydrogens is 874 g/mol. The normalized spacial score (nSPS) is 11.7. The van der Waals surface area contributed by atoms with Crippen molar-refractivity contribution in [2.24, 2.45) is 11.5 Å². The van der Waals surface area contributed by atoms with Crippen LogP contribution in [0.2, 0.25) is 0 Å². The minimum Gasteiger partial charge on any atom is -0.506 e. The molecule has 0 aliphatic heterocycles. The standard InChI is InChI=1S/C19H17I4N3O6/c20-10-4-9(5-11(21)17(10)29)32-18-12(22)1-8(2-13(18)23)3-14(19(30)31)26(15(27)6-24)16(28)7-25/h1-2,4-5,14,29H,3,6-7,24-25H2,(H,30,31). The second-order valence-electron chi connectivity index (χ2n) is 6.35. The van der Waals surface area contributed by atoms with Crippen molar-refractivity contribution in [3.8, 4) is 17.2 Å². The summed E-state index contributed by atoms with van der Waals surface area (Å²) in [7, 11) is 0. The summed E-state index contributed by atoms with van der Waals surface area (Å²) in [6, 6.07) is 5.41. The van der Waals surface area contributed by atoms with E-state index in [2.05, 4.69) is 45.2 Å². The summed E-state index contributed by atoms with van der Waals surface area (Å²) in [5, 5.41) is 19.6. The Kier molecular flexibility index (Phi) is 10.6. The lowest BCUT2D eigenvalue weighted by atomic mass is 10.0. The van der Waals surface area contributed by atoms with Crippen LogP contribution in [-0.4, -0.2) is 52.0 Å². The van der Waals surface area contributed by atoms with E-state index < -0.39 is 36.9 Å². The molecule has 0 saturated heterocycles. The van der Waals surface area contributed by atoms with Crippen LogP contribution < -0.4 is 16.2 Å². The highest BCUT2D eigenvalue weighted by atomic mass is 127. The SMILES string of the molecule is NCC(=O)N(C(=O)CN)C(Cc1cc(I)c(Oc2cc(I)c(O)c(I)c2)c(I)c1)C(=O)O. The molecule has 0 spiro atoms. The van der Waals surface area contributed by atoms with Gasteiger partial charge in [-0.3, -0.25) is 14.5 Å². The molecule has 1 atom stereocenters. The Morgan fingerprint density at radius 1 is 0.906 bits per heavy atom. The molecule has 0 saturated carbocycles. The molecule has 1 unspecified atom stereocenters. The van der Waals surface area contributed by atoms with Gasteiger partial charge in [-0.2, -0.15) is 0 Å². The monoisotopic (exact) mass is 891 g/mol. The third-order valence-corrected chi connectivity index (χ3v) is 7.43. The lowest BCUT2D eigenvalue weighted by Gasteiger charge is -2.27. The van der Waals surface area contributed by atoms with Gasteiger partial charge in [0.15, 0.2) is 5.75 Å². The molecule has 0 fully saturated rings. The maximum atomic E-state index is 12.1. The molecule has 0 bridgehead atoms. The highest BCUT2D eigenvalue weighted by Gasteiger charge is 2.33. The van der Waals surface area contributed by atoms with Gasteiger partial charge in [0, 0.05) is 6.42 Å². The van der Waals surface area contributed by atoms with E-state index >= 15 is 0 Å². The summed E-state index contributed by atoms with van der Waals surface area (Å²) in [5.74, 6) is -1.68. The van der Waals surface area contributed by atoms with Crippen molar-refractivity contribution in [2.75, 3.05) is 13.1 Å². The first-order valence-electron chi connectivity index (χ1n) is 8.81. The average Bonchev–Trinajstić information content (AvgIpc) is 2.73. The van der Waals surface area contributed by atoms with Gasteiger partial charge in [0.1, 0.15) is 17.5 Å². The number of nitrogens with two attached hydrogens (primary N) is 2. The van der Waals surface area contributed by atoms with E-state index in [1.54, 1.807) is 24.3 Å². The van der Waals surface area contributed by atoms with E-state index in [1.807, 2.05) is 45.2 Å². The fourth-order valence-electron chi connectivity index (χ4n) is 2.74. The number of carbonyl (C=O) groups excluding carboxylic acids is 2. The number of hydrogen-bond donors (Lipinski definition) is 4. The van der Waals surface area contributed by atoms with Crippen LogP contribution in [0, 0.1) is 14.3 Å². The number of hydrogen-bond acceptors (Lipinski definition) is 7. The summed E-state index contributed by atoms with van der Waals surface area (Å²) in [4.78, 5) is 36.8. The molecular formula is C19H17I4N3O6. The number of carbonyl (C=O) groups is 3. The van der Waals surface area contributed by atoms with Gasteiger partial charge in [-0.1, -0.05) is 0 Å². The molecule has 172 valence electrons. The predicted octanol–water partition coefficient (Wildman–Crippen LogP) is 2.87. The minimum absolute atomic E-state index is 0.117. The first kappa shape index (κ1) is 27.7. The fourth-order valence-corrected chi connectivity index (χ4v) is 6.57. The zero-order chi connectivity index (χ0) is 24.2. The molecule has 2 aromatic carbocycles. The van der Waals surface area contributed by atoms with E-state index in [1.165, 1.54) is 0 Å². The van der Waals surface area contributed by atoms with Crippen LogP contribution in [0.4, 0.5) is 0 Å². The van der Waals surface area contributed by atoms with Crippen LogP contribution in [0.15, 0.2) is 24.3 Å². The highest BCUT2D eigenvalue weighted by Crippen LogP contribution is 2.37. The number of aromatic hydroxyl groups is 1. The maximum absolute atomic E-state index is 12.1.